The Hall–Kier alpha value is -1.30. The van der Waals surface area contributed by atoms with Gasteiger partial charge in [-0.05, 0) is 58.5 Å². The molecule has 1 saturated heterocycles. The van der Waals surface area contributed by atoms with Gasteiger partial charge < -0.3 is 15.5 Å². The van der Waals surface area contributed by atoms with Crippen molar-refractivity contribution in [2.45, 2.75) is 65.3 Å². The first-order valence-electron chi connectivity index (χ1n) is 10.9. The molecule has 1 aliphatic heterocycles. The van der Waals surface area contributed by atoms with E-state index in [1.54, 1.807) is 4.90 Å². The van der Waals surface area contributed by atoms with Gasteiger partial charge in [0.05, 0.1) is 12.0 Å². The summed E-state index contributed by atoms with van der Waals surface area (Å²) in [5.74, 6) is 1.93. The maximum absolute atomic E-state index is 12.7. The normalized spacial score (nSPS) is 22.5. The molecular formula is C21H41N5O. The summed E-state index contributed by atoms with van der Waals surface area (Å²) in [5, 5.41) is 6.86. The molecule has 27 heavy (non-hydrogen) atoms. The Morgan fingerprint density at radius 1 is 1.22 bits per heavy atom. The van der Waals surface area contributed by atoms with Crippen molar-refractivity contribution in [3.63, 3.8) is 0 Å². The van der Waals surface area contributed by atoms with E-state index in [0.717, 1.165) is 50.7 Å². The second kappa shape index (κ2) is 10.3. The van der Waals surface area contributed by atoms with Crippen LogP contribution in [0.25, 0.3) is 0 Å². The summed E-state index contributed by atoms with van der Waals surface area (Å²) in [5.41, 5.74) is -0.305. The largest absolute Gasteiger partial charge is 0.357 e. The van der Waals surface area contributed by atoms with Crippen LogP contribution in [0.2, 0.25) is 0 Å². The van der Waals surface area contributed by atoms with Crippen LogP contribution in [-0.2, 0) is 4.79 Å². The van der Waals surface area contributed by atoms with Crippen molar-refractivity contribution < 1.29 is 4.79 Å². The van der Waals surface area contributed by atoms with Crippen molar-refractivity contribution in [1.82, 2.24) is 20.4 Å². The third-order valence-corrected chi connectivity index (χ3v) is 6.31. The monoisotopic (exact) mass is 379 g/mol. The van der Waals surface area contributed by atoms with E-state index < -0.39 is 0 Å². The van der Waals surface area contributed by atoms with Crippen LogP contribution in [0.4, 0.5) is 0 Å². The van der Waals surface area contributed by atoms with Crippen molar-refractivity contribution in [1.29, 1.82) is 0 Å². The molecule has 1 amide bonds. The van der Waals surface area contributed by atoms with E-state index in [2.05, 4.69) is 36.3 Å². The fourth-order valence-electron chi connectivity index (χ4n) is 4.38. The van der Waals surface area contributed by atoms with Crippen molar-refractivity contribution in [3.8, 4) is 0 Å². The number of carbonyl (C=O) groups excluding carboxylic acids is 1. The molecule has 2 fully saturated rings. The summed E-state index contributed by atoms with van der Waals surface area (Å²) in [4.78, 5) is 21.9. The lowest BCUT2D eigenvalue weighted by molar-refractivity contribution is -0.138. The third-order valence-electron chi connectivity index (χ3n) is 6.31. The number of carbonyl (C=O) groups is 1. The van der Waals surface area contributed by atoms with Crippen LogP contribution in [0, 0.1) is 11.3 Å². The van der Waals surface area contributed by atoms with Gasteiger partial charge in [-0.25, -0.2) is 0 Å². The Morgan fingerprint density at radius 2 is 1.85 bits per heavy atom. The summed E-state index contributed by atoms with van der Waals surface area (Å²) in [6.07, 6.45) is 6.76. The van der Waals surface area contributed by atoms with E-state index in [1.165, 1.54) is 25.9 Å². The molecule has 1 atom stereocenters. The first kappa shape index (κ1) is 22.0. The number of rotatable bonds is 7. The van der Waals surface area contributed by atoms with Crippen LogP contribution in [-0.4, -0.2) is 74.5 Å². The highest BCUT2D eigenvalue weighted by Gasteiger charge is 2.42. The van der Waals surface area contributed by atoms with Gasteiger partial charge in [-0.3, -0.25) is 14.7 Å². The van der Waals surface area contributed by atoms with E-state index in [9.17, 15) is 4.79 Å². The molecule has 2 aliphatic rings. The first-order chi connectivity index (χ1) is 12.9. The third kappa shape index (κ3) is 6.09. The Balaban J connectivity index is 1.93. The van der Waals surface area contributed by atoms with E-state index in [0.29, 0.717) is 12.6 Å². The topological polar surface area (TPSA) is 60.0 Å². The van der Waals surface area contributed by atoms with Gasteiger partial charge in [-0.15, -0.1) is 0 Å². The molecule has 0 aromatic rings. The summed E-state index contributed by atoms with van der Waals surface area (Å²) >= 11 is 0. The van der Waals surface area contributed by atoms with Crippen LogP contribution in [0.3, 0.4) is 0 Å². The molecule has 0 radical (unpaired) electrons. The van der Waals surface area contributed by atoms with Gasteiger partial charge in [0.15, 0.2) is 5.96 Å². The number of nitrogens with zero attached hydrogens (tertiary/aromatic N) is 3. The molecular weight excluding hydrogens is 338 g/mol. The predicted octanol–water partition coefficient (Wildman–Crippen LogP) is 2.31. The van der Waals surface area contributed by atoms with E-state index >= 15 is 0 Å². The van der Waals surface area contributed by atoms with Gasteiger partial charge in [-0.1, -0.05) is 19.8 Å². The standard InChI is InChI=1S/C21H41N5O/c1-6-22-20(23-15-18(3)26-13-9-17(2)10-14-26)24-16-21(11-7-8-12-21)19(27)25(4)5/h17-18H,6-16H2,1-5H3,(H2,22,23,24). The maximum Gasteiger partial charge on any atom is 0.230 e. The molecule has 2 rings (SSSR count). The average molecular weight is 380 g/mol. The van der Waals surface area contributed by atoms with Gasteiger partial charge in [0.25, 0.3) is 0 Å². The van der Waals surface area contributed by atoms with Gasteiger partial charge >= 0.3 is 0 Å². The van der Waals surface area contributed by atoms with E-state index in [-0.39, 0.29) is 11.3 Å². The maximum atomic E-state index is 12.7. The molecule has 156 valence electrons. The van der Waals surface area contributed by atoms with E-state index in [4.69, 9.17) is 4.99 Å². The second-order valence-corrected chi connectivity index (χ2v) is 8.83. The molecule has 0 spiro atoms. The predicted molar refractivity (Wildman–Crippen MR) is 113 cm³/mol. The number of amides is 1. The van der Waals surface area contributed by atoms with Crippen molar-refractivity contribution in [2.24, 2.45) is 16.3 Å². The zero-order valence-corrected chi connectivity index (χ0v) is 18.2. The highest BCUT2D eigenvalue weighted by atomic mass is 16.2. The molecule has 2 N–H and O–H groups in total. The highest BCUT2D eigenvalue weighted by molar-refractivity contribution is 5.84. The van der Waals surface area contributed by atoms with Gasteiger partial charge in [-0.2, -0.15) is 0 Å². The minimum Gasteiger partial charge on any atom is -0.357 e. The zero-order valence-electron chi connectivity index (χ0n) is 18.2. The quantitative estimate of drug-likeness (QED) is 0.526. The fourth-order valence-corrected chi connectivity index (χ4v) is 4.38. The van der Waals surface area contributed by atoms with Crippen LogP contribution in [0.1, 0.15) is 59.3 Å². The number of aliphatic imine (C=N–C) groups is 1. The van der Waals surface area contributed by atoms with Gasteiger partial charge in [0.2, 0.25) is 5.91 Å². The number of piperidine rings is 1. The molecule has 0 bridgehead atoms. The number of nitrogens with one attached hydrogen (secondary N) is 2. The van der Waals surface area contributed by atoms with Crippen molar-refractivity contribution >= 4 is 11.9 Å². The molecule has 1 aliphatic carbocycles. The Kier molecular flexibility index (Phi) is 8.39. The Labute approximate surface area is 166 Å². The van der Waals surface area contributed by atoms with Crippen LogP contribution in [0.15, 0.2) is 4.99 Å². The second-order valence-electron chi connectivity index (χ2n) is 8.83. The highest BCUT2D eigenvalue weighted by Crippen LogP contribution is 2.39. The first-order valence-corrected chi connectivity index (χ1v) is 10.9. The van der Waals surface area contributed by atoms with Crippen LogP contribution < -0.4 is 10.6 Å². The number of likely N-dealkylation sites (tertiary alicyclic amines) is 1. The number of hydrogen-bond donors (Lipinski definition) is 2. The molecule has 1 unspecified atom stereocenters. The van der Waals surface area contributed by atoms with Gasteiger partial charge in [0, 0.05) is 33.2 Å². The molecule has 6 nitrogen and oxygen atoms in total. The van der Waals surface area contributed by atoms with Crippen molar-refractivity contribution in [2.75, 3.05) is 46.8 Å². The minimum absolute atomic E-state index is 0.232. The average Bonchev–Trinajstić information content (AvgIpc) is 3.13. The lowest BCUT2D eigenvalue weighted by Crippen LogP contribution is -2.48. The smallest absolute Gasteiger partial charge is 0.230 e. The summed E-state index contributed by atoms with van der Waals surface area (Å²) < 4.78 is 0. The lowest BCUT2D eigenvalue weighted by atomic mass is 9.85. The zero-order chi connectivity index (χ0) is 19.9. The summed E-state index contributed by atoms with van der Waals surface area (Å²) in [6.45, 7) is 11.4. The molecule has 1 heterocycles. The van der Waals surface area contributed by atoms with Gasteiger partial charge in [0.1, 0.15) is 0 Å². The Morgan fingerprint density at radius 3 is 2.41 bits per heavy atom. The molecule has 0 aromatic heterocycles. The molecule has 1 saturated carbocycles. The van der Waals surface area contributed by atoms with Crippen molar-refractivity contribution in [3.05, 3.63) is 0 Å². The SMILES string of the molecule is CCNC(=NCC1(C(=O)N(C)C)CCCC1)NCC(C)N1CCC(C)CC1. The molecule has 0 aromatic carbocycles. The number of hydrogen-bond acceptors (Lipinski definition) is 3. The van der Waals surface area contributed by atoms with E-state index in [1.807, 2.05) is 14.1 Å². The lowest BCUT2D eigenvalue weighted by Gasteiger charge is -2.35. The number of guanidine groups is 1. The Bertz CT molecular complexity index is 491. The molecule has 6 heteroatoms. The summed E-state index contributed by atoms with van der Waals surface area (Å²) in [7, 11) is 3.72. The summed E-state index contributed by atoms with van der Waals surface area (Å²) in [6, 6.07) is 0.491. The fraction of sp³-hybridized carbons (Fsp3) is 0.905. The minimum atomic E-state index is -0.305. The van der Waals surface area contributed by atoms with Crippen LogP contribution in [0.5, 0.6) is 0 Å². The van der Waals surface area contributed by atoms with Crippen LogP contribution >= 0.6 is 0 Å².